The predicted octanol–water partition coefficient (Wildman–Crippen LogP) is 8.23. The Morgan fingerprint density at radius 2 is 1.62 bits per heavy atom. The monoisotopic (exact) mass is 610 g/mol. The van der Waals surface area contributed by atoms with Gasteiger partial charge in [-0.25, -0.2) is 8.78 Å². The average molecular weight is 611 g/mol. The molecule has 0 unspecified atom stereocenters. The highest BCUT2D eigenvalue weighted by molar-refractivity contribution is 7.21. The Kier molecular flexibility index (Phi) is 8.97. The van der Waals surface area contributed by atoms with Crippen LogP contribution >= 0.6 is 22.9 Å². The first-order chi connectivity index (χ1) is 20.1. The molecular formula is C33H33ClF2N2O3S. The summed E-state index contributed by atoms with van der Waals surface area (Å²) in [7, 11) is 5.70. The van der Waals surface area contributed by atoms with Crippen molar-refractivity contribution in [1.82, 2.24) is 9.80 Å². The van der Waals surface area contributed by atoms with Gasteiger partial charge in [-0.05, 0) is 88.2 Å². The lowest BCUT2D eigenvalue weighted by molar-refractivity contribution is 0.0573. The van der Waals surface area contributed by atoms with Crippen molar-refractivity contribution in [1.29, 1.82) is 0 Å². The SMILES string of the molecule is COc1ccc(-c2cccc(C(C)=O)c2)cc1CN(C(=O)c1sc2c(F)ccc(F)c2c1Cl)C1CCC(N(C)C)CC1. The summed E-state index contributed by atoms with van der Waals surface area (Å²) < 4.78 is 35.1. The van der Waals surface area contributed by atoms with Gasteiger partial charge >= 0.3 is 0 Å². The topological polar surface area (TPSA) is 49.9 Å². The number of ketones is 1. The van der Waals surface area contributed by atoms with E-state index < -0.39 is 11.6 Å². The van der Waals surface area contributed by atoms with Crippen LogP contribution in [0, 0.1) is 11.6 Å². The van der Waals surface area contributed by atoms with E-state index in [1.165, 1.54) is 6.92 Å². The first-order valence-electron chi connectivity index (χ1n) is 13.9. The Balaban J connectivity index is 1.56. The van der Waals surface area contributed by atoms with Crippen LogP contribution < -0.4 is 4.74 Å². The van der Waals surface area contributed by atoms with E-state index in [1.807, 2.05) is 36.4 Å². The molecule has 0 saturated heterocycles. The molecule has 1 amide bonds. The van der Waals surface area contributed by atoms with E-state index in [2.05, 4.69) is 19.0 Å². The van der Waals surface area contributed by atoms with Crippen LogP contribution in [0.25, 0.3) is 21.2 Å². The summed E-state index contributed by atoms with van der Waals surface area (Å²) in [4.78, 5) is 30.4. The van der Waals surface area contributed by atoms with Crippen LogP contribution in [-0.2, 0) is 6.54 Å². The minimum absolute atomic E-state index is 0.0243. The third-order valence-electron chi connectivity index (χ3n) is 8.20. The van der Waals surface area contributed by atoms with Gasteiger partial charge in [0.05, 0.1) is 22.2 Å². The number of nitrogens with zero attached hydrogens (tertiary/aromatic N) is 2. The van der Waals surface area contributed by atoms with Crippen LogP contribution in [-0.4, -0.2) is 54.8 Å². The van der Waals surface area contributed by atoms with Crippen molar-refractivity contribution in [3.8, 4) is 16.9 Å². The number of ether oxygens (including phenoxy) is 1. The minimum atomic E-state index is -0.660. The van der Waals surface area contributed by atoms with Crippen molar-refractivity contribution in [3.63, 3.8) is 0 Å². The van der Waals surface area contributed by atoms with Gasteiger partial charge in [0.15, 0.2) is 5.78 Å². The first kappa shape index (κ1) is 30.1. The number of amides is 1. The van der Waals surface area contributed by atoms with Gasteiger partial charge in [0.1, 0.15) is 22.3 Å². The molecule has 1 saturated carbocycles. The molecule has 1 heterocycles. The third-order valence-corrected chi connectivity index (χ3v) is 9.87. The van der Waals surface area contributed by atoms with E-state index >= 15 is 0 Å². The summed E-state index contributed by atoms with van der Waals surface area (Å²) in [6.45, 7) is 1.75. The molecule has 3 aromatic carbocycles. The third kappa shape index (κ3) is 5.93. The second-order valence-corrected chi connectivity index (χ2v) is 12.4. The number of halogens is 3. The molecule has 5 rings (SSSR count). The van der Waals surface area contributed by atoms with Crippen molar-refractivity contribution < 1.29 is 23.1 Å². The number of carbonyl (C=O) groups is 2. The fourth-order valence-corrected chi connectivity index (χ4v) is 7.31. The maximum atomic E-state index is 14.7. The molecule has 1 aliphatic rings. The van der Waals surface area contributed by atoms with Gasteiger partial charge in [-0.2, -0.15) is 0 Å². The highest BCUT2D eigenvalue weighted by Gasteiger charge is 2.33. The van der Waals surface area contributed by atoms with E-state index in [1.54, 1.807) is 18.1 Å². The van der Waals surface area contributed by atoms with E-state index in [0.717, 1.165) is 65.8 Å². The van der Waals surface area contributed by atoms with Gasteiger partial charge in [-0.1, -0.05) is 35.9 Å². The number of benzene rings is 3. The highest BCUT2D eigenvalue weighted by Crippen LogP contribution is 2.41. The van der Waals surface area contributed by atoms with Gasteiger partial charge in [0, 0.05) is 29.8 Å². The zero-order valence-electron chi connectivity index (χ0n) is 24.0. The van der Waals surface area contributed by atoms with Crippen molar-refractivity contribution in [2.45, 2.75) is 51.2 Å². The molecule has 0 radical (unpaired) electrons. The van der Waals surface area contributed by atoms with E-state index in [-0.39, 0.29) is 44.3 Å². The molecule has 0 bridgehead atoms. The predicted molar refractivity (Wildman–Crippen MR) is 165 cm³/mol. The maximum Gasteiger partial charge on any atom is 0.266 e. The largest absolute Gasteiger partial charge is 0.496 e. The molecule has 0 atom stereocenters. The zero-order valence-corrected chi connectivity index (χ0v) is 25.6. The molecule has 1 fully saturated rings. The van der Waals surface area contributed by atoms with Gasteiger partial charge in [0.25, 0.3) is 5.91 Å². The lowest BCUT2D eigenvalue weighted by Crippen LogP contribution is -2.44. The van der Waals surface area contributed by atoms with Gasteiger partial charge in [-0.3, -0.25) is 9.59 Å². The number of hydrogen-bond donors (Lipinski definition) is 0. The molecule has 5 nitrogen and oxygen atoms in total. The molecule has 0 spiro atoms. The number of thiophene rings is 1. The van der Waals surface area contributed by atoms with Crippen molar-refractivity contribution in [2.75, 3.05) is 21.2 Å². The molecule has 0 aliphatic heterocycles. The van der Waals surface area contributed by atoms with Crippen LogP contribution in [0.4, 0.5) is 8.78 Å². The van der Waals surface area contributed by atoms with Gasteiger partial charge < -0.3 is 14.5 Å². The molecule has 0 N–H and O–H groups in total. The molecule has 9 heteroatoms. The van der Waals surface area contributed by atoms with Crippen LogP contribution in [0.2, 0.25) is 5.02 Å². The molecule has 1 aliphatic carbocycles. The normalized spacial score (nSPS) is 17.0. The van der Waals surface area contributed by atoms with Gasteiger partial charge in [0.2, 0.25) is 0 Å². The fraction of sp³-hybridized carbons (Fsp3) is 0.333. The number of Topliss-reactive ketones (excluding diaryl/α,β-unsaturated/α-hetero) is 1. The smallest absolute Gasteiger partial charge is 0.266 e. The summed E-state index contributed by atoms with van der Waals surface area (Å²) in [6, 6.07) is 15.5. The highest BCUT2D eigenvalue weighted by atomic mass is 35.5. The lowest BCUT2D eigenvalue weighted by Gasteiger charge is -2.39. The summed E-state index contributed by atoms with van der Waals surface area (Å²) >= 11 is 7.47. The van der Waals surface area contributed by atoms with Crippen LogP contribution in [0.5, 0.6) is 5.75 Å². The van der Waals surface area contributed by atoms with Crippen LogP contribution in [0.15, 0.2) is 54.6 Å². The van der Waals surface area contributed by atoms with Crippen molar-refractivity contribution in [2.24, 2.45) is 0 Å². The van der Waals surface area contributed by atoms with Crippen molar-refractivity contribution >= 4 is 44.7 Å². The average Bonchev–Trinajstić information content (AvgIpc) is 3.35. The maximum absolute atomic E-state index is 14.7. The zero-order chi connectivity index (χ0) is 30.1. The van der Waals surface area contributed by atoms with E-state index in [4.69, 9.17) is 16.3 Å². The fourth-order valence-electron chi connectivity index (χ4n) is 5.80. The van der Waals surface area contributed by atoms with E-state index in [0.29, 0.717) is 17.4 Å². The number of rotatable bonds is 8. The Morgan fingerprint density at radius 1 is 0.952 bits per heavy atom. The molecular weight excluding hydrogens is 578 g/mol. The molecule has 220 valence electrons. The summed E-state index contributed by atoms with van der Waals surface area (Å²) in [5.41, 5.74) is 3.13. The molecule has 42 heavy (non-hydrogen) atoms. The number of hydrogen-bond acceptors (Lipinski definition) is 5. The Bertz CT molecular complexity index is 1650. The Hall–Kier alpha value is -3.33. The molecule has 4 aromatic rings. The number of carbonyl (C=O) groups excluding carboxylic acids is 2. The Labute approximate surface area is 253 Å². The summed E-state index contributed by atoms with van der Waals surface area (Å²) in [5, 5.41) is -0.128. The molecule has 1 aromatic heterocycles. The summed E-state index contributed by atoms with van der Waals surface area (Å²) in [5.74, 6) is -1.05. The minimum Gasteiger partial charge on any atom is -0.496 e. The van der Waals surface area contributed by atoms with Crippen molar-refractivity contribution in [3.05, 3.63) is 87.3 Å². The number of methoxy groups -OCH3 is 1. The van der Waals surface area contributed by atoms with Gasteiger partial charge in [-0.15, -0.1) is 11.3 Å². The lowest BCUT2D eigenvalue weighted by atomic mass is 9.89. The second kappa shape index (κ2) is 12.5. The number of fused-ring (bicyclic) bond motifs is 1. The van der Waals surface area contributed by atoms with Crippen LogP contribution in [0.3, 0.4) is 0 Å². The quantitative estimate of drug-likeness (QED) is 0.189. The van der Waals surface area contributed by atoms with Crippen LogP contribution in [0.1, 0.15) is 58.2 Å². The standard InChI is InChI=1S/C33H33ClF2N2O3S/c1-19(39)20-6-5-7-21(16-20)22-8-15-28(41-4)23(17-22)18-38(25-11-9-24(10-12-25)37(2)3)33(40)32-30(34)29-26(35)13-14-27(36)31(29)42-32/h5-8,13-17,24-25H,9-12,18H2,1-4H3. The van der Waals surface area contributed by atoms with E-state index in [9.17, 15) is 18.4 Å². The Morgan fingerprint density at radius 3 is 2.26 bits per heavy atom. The summed E-state index contributed by atoms with van der Waals surface area (Å²) in [6.07, 6.45) is 3.39. The second-order valence-electron chi connectivity index (χ2n) is 11.0. The first-order valence-corrected chi connectivity index (χ1v) is 15.1.